The molecule has 0 saturated carbocycles. The lowest BCUT2D eigenvalue weighted by molar-refractivity contribution is -0.437. The molecular formula is C50H53N2O7S2+. The van der Waals surface area contributed by atoms with E-state index >= 15 is 0 Å². The molecule has 11 heteroatoms. The van der Waals surface area contributed by atoms with Gasteiger partial charge in [0.05, 0.1) is 16.9 Å². The number of rotatable bonds is 13. The topological polar surface area (TPSA) is 124 Å². The first-order valence-electron chi connectivity index (χ1n) is 21.0. The number of ether oxygens (including phenoxy) is 1. The molecule has 316 valence electrons. The lowest BCUT2D eigenvalue weighted by Crippen LogP contribution is -2.28. The molecule has 61 heavy (non-hydrogen) atoms. The normalized spacial score (nSPS) is 18.9. The predicted octanol–water partition coefficient (Wildman–Crippen LogP) is 10.6. The van der Waals surface area contributed by atoms with Gasteiger partial charge in [0.25, 0.3) is 20.2 Å². The zero-order valence-electron chi connectivity index (χ0n) is 35.1. The first kappa shape index (κ1) is 42.4. The fourth-order valence-electron chi connectivity index (χ4n) is 9.68. The summed E-state index contributed by atoms with van der Waals surface area (Å²) < 4.78 is 75.5. The smallest absolute Gasteiger partial charge is 0.265 e. The molecule has 3 aliphatic rings. The van der Waals surface area contributed by atoms with Crippen molar-refractivity contribution in [3.8, 4) is 5.75 Å². The van der Waals surface area contributed by atoms with E-state index in [1.807, 2.05) is 54.6 Å². The second-order valence-corrected chi connectivity index (χ2v) is 20.4. The van der Waals surface area contributed by atoms with E-state index in [4.69, 9.17) is 4.74 Å². The highest BCUT2D eigenvalue weighted by atomic mass is 32.2. The molecule has 0 aromatic heterocycles. The Bertz CT molecular complexity index is 2920. The minimum absolute atomic E-state index is 0.258. The molecule has 5 aromatic carbocycles. The number of anilines is 1. The first-order chi connectivity index (χ1) is 29.0. The number of hydrogen-bond acceptors (Lipinski definition) is 6. The van der Waals surface area contributed by atoms with E-state index in [0.717, 1.165) is 86.2 Å². The summed E-state index contributed by atoms with van der Waals surface area (Å²) in [5.74, 6) is 0.836. The van der Waals surface area contributed by atoms with Gasteiger partial charge in [0.1, 0.15) is 18.1 Å². The second-order valence-electron chi connectivity index (χ2n) is 17.3. The highest BCUT2D eigenvalue weighted by Crippen LogP contribution is 2.51. The monoisotopic (exact) mass is 857 g/mol. The third-order valence-corrected chi connectivity index (χ3v) is 14.0. The summed E-state index contributed by atoms with van der Waals surface area (Å²) in [7, 11) is -8.26. The van der Waals surface area contributed by atoms with Crippen LogP contribution in [0.3, 0.4) is 0 Å². The fraction of sp³-hybridized carbons (Fsp3) is 0.300. The van der Waals surface area contributed by atoms with Gasteiger partial charge in [-0.25, -0.2) is 0 Å². The van der Waals surface area contributed by atoms with Gasteiger partial charge in [-0.1, -0.05) is 92.7 Å². The minimum atomic E-state index is -4.13. The Kier molecular flexibility index (Phi) is 11.5. The molecule has 0 amide bonds. The summed E-state index contributed by atoms with van der Waals surface area (Å²) >= 11 is 0. The Morgan fingerprint density at radius 2 is 1.31 bits per heavy atom. The molecular weight excluding hydrogens is 805 g/mol. The molecule has 2 heterocycles. The van der Waals surface area contributed by atoms with Crippen molar-refractivity contribution in [2.45, 2.75) is 70.6 Å². The molecule has 0 bridgehead atoms. The quantitative estimate of drug-likeness (QED) is 0.0886. The van der Waals surface area contributed by atoms with Crippen LogP contribution in [-0.2, 0) is 31.1 Å². The highest BCUT2D eigenvalue weighted by Gasteiger charge is 2.46. The second kappa shape index (κ2) is 16.5. The Morgan fingerprint density at radius 3 is 2.00 bits per heavy atom. The minimum Gasteiger partial charge on any atom is -0.457 e. The van der Waals surface area contributed by atoms with E-state index in [2.05, 4.69) is 110 Å². The molecule has 0 atom stereocenters. The maximum absolute atomic E-state index is 11.8. The number of fused-ring (bicyclic) bond motifs is 6. The van der Waals surface area contributed by atoms with E-state index in [0.29, 0.717) is 13.1 Å². The van der Waals surface area contributed by atoms with Gasteiger partial charge in [-0.2, -0.15) is 21.4 Å². The molecule has 0 radical (unpaired) electrons. The largest absolute Gasteiger partial charge is 0.457 e. The van der Waals surface area contributed by atoms with Crippen molar-refractivity contribution in [3.05, 3.63) is 161 Å². The van der Waals surface area contributed by atoms with Crippen molar-refractivity contribution in [2.24, 2.45) is 0 Å². The van der Waals surface area contributed by atoms with Gasteiger partial charge in [0.15, 0.2) is 5.71 Å². The summed E-state index contributed by atoms with van der Waals surface area (Å²) in [5, 5.41) is 4.56. The molecule has 0 saturated heterocycles. The number of nitrogens with zero attached hydrogens (tertiary/aromatic N) is 2. The molecule has 8 rings (SSSR count). The molecule has 0 unspecified atom stereocenters. The highest BCUT2D eigenvalue weighted by molar-refractivity contribution is 7.86. The van der Waals surface area contributed by atoms with Crippen LogP contribution in [0, 0.1) is 0 Å². The number of benzene rings is 5. The summed E-state index contributed by atoms with van der Waals surface area (Å²) in [5.41, 5.74) is 7.66. The van der Waals surface area contributed by atoms with E-state index in [9.17, 15) is 25.9 Å². The van der Waals surface area contributed by atoms with Crippen LogP contribution in [0.5, 0.6) is 5.75 Å². The molecule has 5 aromatic rings. The SMILES string of the molecule is CC1(C)C(=CC=C2CCCC(C=CC3=[N+](CCCS(=O)(=O)O)c4ccc5ccccc5c4C3(C)C)=C2Oc2ccccc2)N(CCCS(=O)(=O)O)c2ccc3ccccc3c21. The molecule has 0 spiro atoms. The van der Waals surface area contributed by atoms with Crippen molar-refractivity contribution in [1.29, 1.82) is 0 Å². The lowest BCUT2D eigenvalue weighted by Gasteiger charge is -2.27. The number of allylic oxidation sites excluding steroid dienone is 7. The van der Waals surface area contributed by atoms with Crippen LogP contribution in [0.15, 0.2) is 150 Å². The van der Waals surface area contributed by atoms with E-state index in [1.54, 1.807) is 0 Å². The molecule has 2 N–H and O–H groups in total. The van der Waals surface area contributed by atoms with Gasteiger partial charge >= 0.3 is 0 Å². The average molecular weight is 858 g/mol. The lowest BCUT2D eigenvalue weighted by atomic mass is 9.78. The predicted molar refractivity (Wildman–Crippen MR) is 246 cm³/mol. The third-order valence-electron chi connectivity index (χ3n) is 12.4. The van der Waals surface area contributed by atoms with Crippen LogP contribution < -0.4 is 9.64 Å². The maximum atomic E-state index is 11.8. The Labute approximate surface area is 359 Å². The van der Waals surface area contributed by atoms with Crippen LogP contribution in [0.25, 0.3) is 21.5 Å². The first-order valence-corrected chi connectivity index (χ1v) is 24.2. The van der Waals surface area contributed by atoms with Gasteiger partial charge < -0.3 is 9.64 Å². The van der Waals surface area contributed by atoms with Crippen LogP contribution in [0.2, 0.25) is 0 Å². The summed E-state index contributed by atoms with van der Waals surface area (Å²) in [4.78, 5) is 2.20. The van der Waals surface area contributed by atoms with Crippen molar-refractivity contribution < 1.29 is 35.3 Å². The van der Waals surface area contributed by atoms with Crippen molar-refractivity contribution in [3.63, 3.8) is 0 Å². The number of para-hydroxylation sites is 1. The van der Waals surface area contributed by atoms with Gasteiger partial charge in [-0.3, -0.25) is 9.11 Å². The standard InChI is InChI=1S/C50H52N2O7S2/c1-49(2)44(51(31-13-33-60(53,54)55)42-27-23-35-15-8-10-21-40(35)46(42)49)29-25-37-17-12-18-38(48(37)59-39-19-6-5-7-20-39)26-30-45-50(3,4)47-41-22-11-9-16-36(41)24-28-43(47)52(45)32-14-34-61(56,57)58/h5-11,15-16,19-30H,12-14,17-18,31-34H2,1-4H3,(H-,53,54,55,56,57,58)/p+1. The molecule has 2 aliphatic heterocycles. The van der Waals surface area contributed by atoms with Gasteiger partial charge in [0, 0.05) is 47.5 Å². The Morgan fingerprint density at radius 1 is 0.689 bits per heavy atom. The van der Waals surface area contributed by atoms with Gasteiger partial charge in [-0.15, -0.1) is 0 Å². The van der Waals surface area contributed by atoms with E-state index in [1.165, 1.54) is 11.1 Å². The average Bonchev–Trinajstić information content (AvgIpc) is 3.57. The van der Waals surface area contributed by atoms with E-state index in [-0.39, 0.29) is 24.3 Å². The van der Waals surface area contributed by atoms with Crippen LogP contribution >= 0.6 is 0 Å². The zero-order chi connectivity index (χ0) is 43.2. The molecule has 1 aliphatic carbocycles. The third kappa shape index (κ3) is 8.62. The maximum Gasteiger partial charge on any atom is 0.265 e. The fourth-order valence-corrected chi connectivity index (χ4v) is 10.7. The molecule has 9 nitrogen and oxygen atoms in total. The van der Waals surface area contributed by atoms with Crippen molar-refractivity contribution in [1.82, 2.24) is 0 Å². The van der Waals surface area contributed by atoms with Gasteiger partial charge in [-0.05, 0) is 114 Å². The summed E-state index contributed by atoms with van der Waals surface area (Å²) in [6, 6.07) is 34.9. The molecule has 0 fully saturated rings. The number of hydrogen-bond donors (Lipinski definition) is 2. The summed E-state index contributed by atoms with van der Waals surface area (Å²) in [6.45, 7) is 9.66. The van der Waals surface area contributed by atoms with Crippen LogP contribution in [0.4, 0.5) is 11.4 Å². The Balaban J connectivity index is 1.24. The Hall–Kier alpha value is -5.33. The van der Waals surface area contributed by atoms with Crippen LogP contribution in [0.1, 0.15) is 70.9 Å². The van der Waals surface area contributed by atoms with E-state index < -0.39 is 31.1 Å². The summed E-state index contributed by atoms with van der Waals surface area (Å²) in [6.07, 6.45) is 11.6. The van der Waals surface area contributed by atoms with Crippen molar-refractivity contribution in [2.75, 3.05) is 29.5 Å². The van der Waals surface area contributed by atoms with Crippen molar-refractivity contribution >= 4 is 58.9 Å². The van der Waals surface area contributed by atoms with Gasteiger partial charge in [0.2, 0.25) is 5.69 Å². The zero-order valence-corrected chi connectivity index (χ0v) is 36.8. The van der Waals surface area contributed by atoms with Crippen LogP contribution in [-0.4, -0.2) is 60.8 Å².